The van der Waals surface area contributed by atoms with Crippen LogP contribution in [0.1, 0.15) is 5.56 Å². The summed E-state index contributed by atoms with van der Waals surface area (Å²) in [5, 5.41) is 24.9. The average molecular weight is 195 g/mol. The summed E-state index contributed by atoms with van der Waals surface area (Å²) in [6.45, 7) is 1.65. The van der Waals surface area contributed by atoms with Crippen LogP contribution in [-0.4, -0.2) is 10.1 Å². The lowest BCUT2D eigenvalue weighted by molar-refractivity contribution is -0.782. The monoisotopic (exact) mass is 195 g/mol. The first-order valence-electron chi connectivity index (χ1n) is 3.74. The van der Waals surface area contributed by atoms with Crippen LogP contribution in [0.15, 0.2) is 16.8 Å². The molecular formula is C7H5N3O4. The molecule has 0 bridgehead atoms. The van der Waals surface area contributed by atoms with Gasteiger partial charge in [-0.25, -0.2) is 0 Å². The van der Waals surface area contributed by atoms with Crippen molar-refractivity contribution in [2.75, 3.05) is 0 Å². The SMILES string of the molecule is Cc1ccc([N+](=O)[O-])c2no[n+]([O-])c12. The Morgan fingerprint density at radius 1 is 1.57 bits per heavy atom. The van der Waals surface area contributed by atoms with E-state index in [4.69, 9.17) is 0 Å². The quantitative estimate of drug-likeness (QED) is 0.378. The Morgan fingerprint density at radius 3 is 2.93 bits per heavy atom. The molecule has 7 heteroatoms. The molecular weight excluding hydrogens is 190 g/mol. The second kappa shape index (κ2) is 2.66. The molecule has 1 aromatic heterocycles. The molecule has 0 saturated carbocycles. The molecule has 72 valence electrons. The highest BCUT2D eigenvalue weighted by molar-refractivity contribution is 5.83. The highest BCUT2D eigenvalue weighted by Gasteiger charge is 2.24. The van der Waals surface area contributed by atoms with Crippen LogP contribution in [0, 0.1) is 22.2 Å². The fourth-order valence-electron chi connectivity index (χ4n) is 1.26. The number of fused-ring (bicyclic) bond motifs is 1. The van der Waals surface area contributed by atoms with E-state index in [1.54, 1.807) is 6.92 Å². The molecule has 0 unspecified atom stereocenters. The third kappa shape index (κ3) is 0.987. The van der Waals surface area contributed by atoms with Gasteiger partial charge in [-0.15, -0.1) is 0 Å². The number of benzene rings is 1. The summed E-state index contributed by atoms with van der Waals surface area (Å²) in [6, 6.07) is 2.77. The van der Waals surface area contributed by atoms with E-state index in [0.29, 0.717) is 5.56 Å². The van der Waals surface area contributed by atoms with Crippen LogP contribution in [-0.2, 0) is 0 Å². The van der Waals surface area contributed by atoms with E-state index in [1.807, 2.05) is 0 Å². The number of hydrogen-bond donors (Lipinski definition) is 0. The zero-order chi connectivity index (χ0) is 10.3. The fraction of sp³-hybridized carbons (Fsp3) is 0.143. The first-order valence-corrected chi connectivity index (χ1v) is 3.74. The predicted molar refractivity (Wildman–Crippen MR) is 44.4 cm³/mol. The molecule has 1 heterocycles. The van der Waals surface area contributed by atoms with E-state index in [1.165, 1.54) is 12.1 Å². The number of hydrogen-bond acceptors (Lipinski definition) is 5. The van der Waals surface area contributed by atoms with Gasteiger partial charge in [-0.1, -0.05) is 0 Å². The summed E-state index contributed by atoms with van der Waals surface area (Å²) in [4.78, 5) is 10.1. The second-order valence-electron chi connectivity index (χ2n) is 2.79. The summed E-state index contributed by atoms with van der Waals surface area (Å²) in [6.07, 6.45) is 0. The smallest absolute Gasteiger partial charge is 0.326 e. The molecule has 7 nitrogen and oxygen atoms in total. The van der Waals surface area contributed by atoms with Gasteiger partial charge in [0.05, 0.1) is 10.1 Å². The summed E-state index contributed by atoms with van der Waals surface area (Å²) in [5.74, 6) is 0. The lowest BCUT2D eigenvalue weighted by atomic mass is 10.2. The number of nitrogens with zero attached hydrogens (tertiary/aromatic N) is 3. The third-order valence-electron chi connectivity index (χ3n) is 1.92. The standard InChI is InChI=1S/C7H5N3O4/c1-4-2-3-5(9(11)12)6-7(4)10(13)14-8-6/h2-3H,1H3. The molecule has 0 atom stereocenters. The fourth-order valence-corrected chi connectivity index (χ4v) is 1.26. The highest BCUT2D eigenvalue weighted by atomic mass is 16.8. The third-order valence-corrected chi connectivity index (χ3v) is 1.92. The predicted octanol–water partition coefficient (Wildman–Crippen LogP) is 0.678. The van der Waals surface area contributed by atoms with Crippen molar-refractivity contribution in [2.45, 2.75) is 6.92 Å². The van der Waals surface area contributed by atoms with Crippen LogP contribution in [0.5, 0.6) is 0 Å². The number of nitro benzene ring substituents is 1. The molecule has 1 aromatic carbocycles. The molecule has 0 N–H and O–H groups in total. The van der Waals surface area contributed by atoms with Crippen molar-refractivity contribution in [3.05, 3.63) is 33.0 Å². The van der Waals surface area contributed by atoms with Crippen molar-refractivity contribution in [3.63, 3.8) is 0 Å². The Kier molecular flexibility index (Phi) is 1.60. The average Bonchev–Trinajstić information content (AvgIpc) is 2.49. The maximum absolute atomic E-state index is 11.0. The van der Waals surface area contributed by atoms with Gasteiger partial charge >= 0.3 is 11.2 Å². The summed E-state index contributed by atoms with van der Waals surface area (Å²) >= 11 is 0. The maximum atomic E-state index is 11.0. The van der Waals surface area contributed by atoms with E-state index in [0.717, 1.165) is 0 Å². The molecule has 0 aliphatic heterocycles. The minimum atomic E-state index is -0.607. The number of nitro groups is 1. The first-order chi connectivity index (χ1) is 6.61. The number of rotatable bonds is 1. The van der Waals surface area contributed by atoms with Crippen molar-refractivity contribution in [2.24, 2.45) is 0 Å². The van der Waals surface area contributed by atoms with Crippen molar-refractivity contribution >= 4 is 16.7 Å². The van der Waals surface area contributed by atoms with Gasteiger partial charge in [0.2, 0.25) is 5.52 Å². The van der Waals surface area contributed by atoms with Gasteiger partial charge in [0.15, 0.2) is 0 Å². The Bertz CT molecular complexity index is 519. The molecule has 0 amide bonds. The molecule has 0 aliphatic rings. The first kappa shape index (κ1) is 8.42. The van der Waals surface area contributed by atoms with Crippen molar-refractivity contribution in [1.82, 2.24) is 5.16 Å². The maximum Gasteiger partial charge on any atom is 0.326 e. The normalized spacial score (nSPS) is 10.6. The topological polar surface area (TPSA) is 96.1 Å². The Labute approximate surface area is 77.2 Å². The van der Waals surface area contributed by atoms with Crippen molar-refractivity contribution in [3.8, 4) is 0 Å². The lowest BCUT2D eigenvalue weighted by Gasteiger charge is -1.92. The van der Waals surface area contributed by atoms with Gasteiger partial charge in [0, 0.05) is 11.6 Å². The summed E-state index contributed by atoms with van der Waals surface area (Å²) in [5.41, 5.74) is 0.426. The number of non-ortho nitro benzene ring substituents is 1. The van der Waals surface area contributed by atoms with Crippen molar-refractivity contribution < 1.29 is 14.5 Å². The number of aromatic nitrogens is 2. The van der Waals surface area contributed by atoms with Crippen LogP contribution in [0.4, 0.5) is 5.69 Å². The van der Waals surface area contributed by atoms with Gasteiger partial charge in [0.1, 0.15) is 0 Å². The van der Waals surface area contributed by atoms with Gasteiger partial charge in [-0.3, -0.25) is 14.7 Å². The van der Waals surface area contributed by atoms with Crippen molar-refractivity contribution in [1.29, 1.82) is 0 Å². The zero-order valence-corrected chi connectivity index (χ0v) is 7.13. The molecule has 0 radical (unpaired) electrons. The molecule has 0 fully saturated rings. The molecule has 14 heavy (non-hydrogen) atoms. The van der Waals surface area contributed by atoms with Crippen LogP contribution in [0.3, 0.4) is 0 Å². The molecule has 2 aromatic rings. The van der Waals surface area contributed by atoms with E-state index >= 15 is 0 Å². The lowest BCUT2D eigenvalue weighted by Crippen LogP contribution is -2.23. The van der Waals surface area contributed by atoms with E-state index in [9.17, 15) is 15.3 Å². The Hall–Kier alpha value is -2.18. The second-order valence-corrected chi connectivity index (χ2v) is 2.79. The zero-order valence-electron chi connectivity index (χ0n) is 7.13. The minimum Gasteiger partial charge on any atom is -0.359 e. The summed E-state index contributed by atoms with van der Waals surface area (Å²) in [7, 11) is 0. The largest absolute Gasteiger partial charge is 0.359 e. The van der Waals surface area contributed by atoms with Crippen LogP contribution < -0.4 is 4.90 Å². The van der Waals surface area contributed by atoms with Gasteiger partial charge in [0.25, 0.3) is 0 Å². The van der Waals surface area contributed by atoms with Crippen LogP contribution in [0.25, 0.3) is 11.0 Å². The molecule has 2 rings (SSSR count). The van der Waals surface area contributed by atoms with Crippen LogP contribution in [0.2, 0.25) is 0 Å². The van der Waals surface area contributed by atoms with Gasteiger partial charge in [-0.05, 0) is 17.9 Å². The highest BCUT2D eigenvalue weighted by Crippen LogP contribution is 2.23. The van der Waals surface area contributed by atoms with Gasteiger partial charge in [-0.2, -0.15) is 0 Å². The Balaban J connectivity index is 2.90. The van der Waals surface area contributed by atoms with E-state index in [-0.39, 0.29) is 21.6 Å². The molecule has 0 spiro atoms. The minimum absolute atomic E-state index is 0.0231. The van der Waals surface area contributed by atoms with E-state index < -0.39 is 4.92 Å². The van der Waals surface area contributed by atoms with E-state index in [2.05, 4.69) is 9.79 Å². The molecule has 0 saturated heterocycles. The Morgan fingerprint density at radius 2 is 2.29 bits per heavy atom. The summed E-state index contributed by atoms with van der Waals surface area (Å²) < 4.78 is 4.29. The van der Waals surface area contributed by atoms with Gasteiger partial charge < -0.3 is 5.21 Å². The molecule has 0 aliphatic carbocycles. The number of aryl methyl sites for hydroxylation is 1. The van der Waals surface area contributed by atoms with Crippen LogP contribution >= 0.6 is 0 Å².